The Bertz CT molecular complexity index is 270. The zero-order valence-corrected chi connectivity index (χ0v) is 13.9. The molecule has 0 aromatic heterocycles. The summed E-state index contributed by atoms with van der Waals surface area (Å²) in [6, 6.07) is 0. The molecule has 0 saturated carbocycles. The number of hydrogen-bond donors (Lipinski definition) is 0. The molecule has 116 valence electrons. The van der Waals surface area contributed by atoms with Gasteiger partial charge in [0.25, 0.3) is 0 Å². The molecule has 0 bridgehead atoms. The van der Waals surface area contributed by atoms with Gasteiger partial charge in [0.05, 0.1) is 11.5 Å². The van der Waals surface area contributed by atoms with Crippen LogP contribution in [-0.4, -0.2) is 19.9 Å². The van der Waals surface area contributed by atoms with E-state index in [4.69, 9.17) is 0 Å². The lowest BCUT2D eigenvalue weighted by Crippen LogP contribution is -2.11. The van der Waals surface area contributed by atoms with Gasteiger partial charge < -0.3 is 0 Å². The van der Waals surface area contributed by atoms with Crippen molar-refractivity contribution in [2.45, 2.75) is 90.9 Å². The Balaban J connectivity index is 3.38. The molecule has 0 rings (SSSR count). The third-order valence-electron chi connectivity index (χ3n) is 3.62. The third-order valence-corrected chi connectivity index (χ3v) is 5.44. The maximum absolute atomic E-state index is 11.8. The molecular weight excluding hydrogens is 256 g/mol. The Hall–Kier alpha value is -0.0500. The fraction of sp³-hybridized carbons (Fsp3) is 1.00. The van der Waals surface area contributed by atoms with Gasteiger partial charge in [-0.3, -0.25) is 0 Å². The summed E-state index contributed by atoms with van der Waals surface area (Å²) in [5, 5.41) is 0. The molecule has 0 aromatic rings. The molecule has 0 aliphatic heterocycles. The van der Waals surface area contributed by atoms with Gasteiger partial charge in [-0.05, 0) is 12.8 Å². The Morgan fingerprint density at radius 2 is 0.842 bits per heavy atom. The molecule has 0 atom stereocenters. The molecule has 0 aliphatic carbocycles. The summed E-state index contributed by atoms with van der Waals surface area (Å²) >= 11 is 0. The molecule has 0 heterocycles. The van der Waals surface area contributed by atoms with Crippen LogP contribution in [0.1, 0.15) is 90.9 Å². The van der Waals surface area contributed by atoms with E-state index < -0.39 is 9.84 Å². The molecule has 0 N–H and O–H groups in total. The minimum Gasteiger partial charge on any atom is -0.229 e. The van der Waals surface area contributed by atoms with Gasteiger partial charge in [0.2, 0.25) is 0 Å². The molecule has 0 amide bonds. The molecular formula is C16H34O2S. The zero-order valence-electron chi connectivity index (χ0n) is 13.1. The van der Waals surface area contributed by atoms with Crippen LogP contribution in [0.15, 0.2) is 0 Å². The first-order valence-electron chi connectivity index (χ1n) is 8.32. The second kappa shape index (κ2) is 13.0. The van der Waals surface area contributed by atoms with E-state index in [-0.39, 0.29) is 0 Å². The Labute approximate surface area is 121 Å². The lowest BCUT2D eigenvalue weighted by atomic mass is 10.1. The van der Waals surface area contributed by atoms with Crippen LogP contribution in [0.4, 0.5) is 0 Å². The summed E-state index contributed by atoms with van der Waals surface area (Å²) in [7, 11) is -2.76. The predicted molar refractivity (Wildman–Crippen MR) is 85.4 cm³/mol. The van der Waals surface area contributed by atoms with Crippen molar-refractivity contribution in [2.75, 3.05) is 11.5 Å². The first-order valence-corrected chi connectivity index (χ1v) is 10.1. The van der Waals surface area contributed by atoms with Gasteiger partial charge in [-0.25, -0.2) is 8.42 Å². The molecule has 0 spiro atoms. The lowest BCUT2D eigenvalue weighted by Gasteiger charge is -2.04. The molecule has 0 saturated heterocycles. The van der Waals surface area contributed by atoms with Crippen molar-refractivity contribution >= 4 is 9.84 Å². The smallest absolute Gasteiger partial charge is 0.150 e. The summed E-state index contributed by atoms with van der Waals surface area (Å²) in [4.78, 5) is 0. The normalized spacial score (nSPS) is 11.9. The van der Waals surface area contributed by atoms with E-state index >= 15 is 0 Å². The second-order valence-electron chi connectivity index (χ2n) is 5.69. The summed E-state index contributed by atoms with van der Waals surface area (Å²) in [6.07, 6.45) is 14.0. The van der Waals surface area contributed by atoms with E-state index in [9.17, 15) is 8.42 Å². The van der Waals surface area contributed by atoms with Crippen LogP contribution in [-0.2, 0) is 9.84 Å². The minimum absolute atomic E-state index is 0.406. The largest absolute Gasteiger partial charge is 0.229 e. The zero-order chi connectivity index (χ0) is 14.4. The molecule has 0 unspecified atom stereocenters. The monoisotopic (exact) mass is 290 g/mol. The number of hydrogen-bond acceptors (Lipinski definition) is 2. The van der Waals surface area contributed by atoms with E-state index in [0.29, 0.717) is 11.5 Å². The van der Waals surface area contributed by atoms with Gasteiger partial charge in [-0.1, -0.05) is 78.1 Å². The predicted octanol–water partition coefficient (Wildman–Crippen LogP) is 5.12. The van der Waals surface area contributed by atoms with Crippen LogP contribution < -0.4 is 0 Å². The highest BCUT2D eigenvalue weighted by molar-refractivity contribution is 7.91. The van der Waals surface area contributed by atoms with Crippen molar-refractivity contribution in [1.29, 1.82) is 0 Å². The molecule has 0 fully saturated rings. The van der Waals surface area contributed by atoms with Crippen molar-refractivity contribution < 1.29 is 8.42 Å². The highest BCUT2D eigenvalue weighted by Crippen LogP contribution is 2.10. The van der Waals surface area contributed by atoms with Crippen LogP contribution in [0.3, 0.4) is 0 Å². The van der Waals surface area contributed by atoms with Crippen LogP contribution in [0, 0.1) is 0 Å². The first kappa shape index (κ1) is 18.9. The third kappa shape index (κ3) is 14.2. The number of sulfone groups is 1. The molecule has 3 heteroatoms. The topological polar surface area (TPSA) is 34.1 Å². The standard InChI is InChI=1S/C16H34O2S/c1-3-5-7-9-10-11-12-14-16-19(17,18)15-13-8-6-4-2/h3-16H2,1-2H3. The van der Waals surface area contributed by atoms with Crippen molar-refractivity contribution in [3.63, 3.8) is 0 Å². The second-order valence-corrected chi connectivity index (χ2v) is 7.99. The minimum atomic E-state index is -2.76. The van der Waals surface area contributed by atoms with Gasteiger partial charge in [0.15, 0.2) is 0 Å². The molecule has 0 radical (unpaired) electrons. The number of unbranched alkanes of at least 4 members (excludes halogenated alkanes) is 10. The molecule has 0 aromatic carbocycles. The van der Waals surface area contributed by atoms with E-state index in [1.807, 2.05) is 0 Å². The molecule has 2 nitrogen and oxygen atoms in total. The Kier molecular flexibility index (Phi) is 12.9. The summed E-state index contributed by atoms with van der Waals surface area (Å²) < 4.78 is 23.5. The van der Waals surface area contributed by atoms with E-state index in [2.05, 4.69) is 13.8 Å². The van der Waals surface area contributed by atoms with E-state index in [1.54, 1.807) is 0 Å². The summed E-state index contributed by atoms with van der Waals surface area (Å²) in [5.74, 6) is 0.817. The fourth-order valence-corrected chi connectivity index (χ4v) is 3.80. The first-order chi connectivity index (χ1) is 9.12. The maximum atomic E-state index is 11.8. The summed E-state index contributed by atoms with van der Waals surface area (Å²) in [5.41, 5.74) is 0. The van der Waals surface area contributed by atoms with E-state index in [1.165, 1.54) is 38.5 Å². The number of rotatable bonds is 14. The van der Waals surface area contributed by atoms with Crippen molar-refractivity contribution in [3.8, 4) is 0 Å². The quantitative estimate of drug-likeness (QED) is 0.416. The molecule has 19 heavy (non-hydrogen) atoms. The van der Waals surface area contributed by atoms with Crippen LogP contribution >= 0.6 is 0 Å². The van der Waals surface area contributed by atoms with E-state index in [0.717, 1.165) is 38.5 Å². The maximum Gasteiger partial charge on any atom is 0.150 e. The molecule has 0 aliphatic rings. The van der Waals surface area contributed by atoms with Crippen molar-refractivity contribution in [2.24, 2.45) is 0 Å². The highest BCUT2D eigenvalue weighted by Gasteiger charge is 2.09. The SMILES string of the molecule is CCCCCCCCCCS(=O)(=O)CCCCCC. The Morgan fingerprint density at radius 3 is 1.26 bits per heavy atom. The Morgan fingerprint density at radius 1 is 0.526 bits per heavy atom. The lowest BCUT2D eigenvalue weighted by molar-refractivity contribution is 0.569. The van der Waals surface area contributed by atoms with Gasteiger partial charge in [-0.15, -0.1) is 0 Å². The van der Waals surface area contributed by atoms with Gasteiger partial charge in [0, 0.05) is 0 Å². The highest BCUT2D eigenvalue weighted by atomic mass is 32.2. The van der Waals surface area contributed by atoms with Crippen LogP contribution in [0.2, 0.25) is 0 Å². The van der Waals surface area contributed by atoms with Crippen LogP contribution in [0.5, 0.6) is 0 Å². The van der Waals surface area contributed by atoms with Gasteiger partial charge >= 0.3 is 0 Å². The van der Waals surface area contributed by atoms with Gasteiger partial charge in [-0.2, -0.15) is 0 Å². The summed E-state index contributed by atoms with van der Waals surface area (Å²) in [6.45, 7) is 4.38. The van der Waals surface area contributed by atoms with Crippen LogP contribution in [0.25, 0.3) is 0 Å². The average Bonchev–Trinajstić information content (AvgIpc) is 2.38. The fourth-order valence-electron chi connectivity index (χ4n) is 2.31. The van der Waals surface area contributed by atoms with Crippen molar-refractivity contribution in [3.05, 3.63) is 0 Å². The van der Waals surface area contributed by atoms with Gasteiger partial charge in [0.1, 0.15) is 9.84 Å². The van der Waals surface area contributed by atoms with Crippen molar-refractivity contribution in [1.82, 2.24) is 0 Å². The average molecular weight is 291 g/mol.